The summed E-state index contributed by atoms with van der Waals surface area (Å²) >= 11 is 6.02. The Morgan fingerprint density at radius 1 is 1.40 bits per heavy atom. The fourth-order valence-corrected chi connectivity index (χ4v) is 1.71. The minimum absolute atomic E-state index is 0.159. The molecule has 0 bridgehead atoms. The zero-order chi connectivity index (χ0) is 11.5. The molecule has 0 heterocycles. The number of aryl methyl sites for hydroxylation is 1. The Bertz CT molecular complexity index is 331. The van der Waals surface area contributed by atoms with Crippen molar-refractivity contribution in [2.75, 3.05) is 7.11 Å². The summed E-state index contributed by atoms with van der Waals surface area (Å²) in [5.41, 5.74) is 6.89. The standard InChI is InChI=1S/C12H18ClNO/c1-12(2,14)8-7-9-5-4-6-10(13)11(9)15-3/h4-6H,7-8,14H2,1-3H3. The van der Waals surface area contributed by atoms with Gasteiger partial charge in [-0.25, -0.2) is 0 Å². The highest BCUT2D eigenvalue weighted by Gasteiger charge is 2.13. The van der Waals surface area contributed by atoms with Crippen molar-refractivity contribution >= 4 is 11.6 Å². The van der Waals surface area contributed by atoms with Gasteiger partial charge in [0, 0.05) is 5.54 Å². The molecule has 0 amide bonds. The molecule has 84 valence electrons. The number of hydrogen-bond acceptors (Lipinski definition) is 2. The van der Waals surface area contributed by atoms with Crippen LogP contribution in [0.25, 0.3) is 0 Å². The van der Waals surface area contributed by atoms with Crippen molar-refractivity contribution in [3.63, 3.8) is 0 Å². The van der Waals surface area contributed by atoms with E-state index >= 15 is 0 Å². The lowest BCUT2D eigenvalue weighted by molar-refractivity contribution is 0.404. The molecule has 2 N–H and O–H groups in total. The molecule has 0 aromatic heterocycles. The largest absolute Gasteiger partial charge is 0.495 e. The van der Waals surface area contributed by atoms with Crippen LogP contribution in [0.4, 0.5) is 0 Å². The van der Waals surface area contributed by atoms with Gasteiger partial charge in [0.2, 0.25) is 0 Å². The molecular weight excluding hydrogens is 210 g/mol. The lowest BCUT2D eigenvalue weighted by atomic mass is 9.96. The second-order valence-corrected chi connectivity index (χ2v) is 4.83. The van der Waals surface area contributed by atoms with Gasteiger partial charge in [0.1, 0.15) is 5.75 Å². The Kier molecular flexibility index (Phi) is 4.00. The molecule has 0 fully saturated rings. The van der Waals surface area contributed by atoms with E-state index in [9.17, 15) is 0 Å². The molecule has 3 heteroatoms. The predicted octanol–water partition coefficient (Wildman–Crippen LogP) is 3.02. The van der Waals surface area contributed by atoms with Crippen LogP contribution in [0.3, 0.4) is 0 Å². The minimum atomic E-state index is -0.159. The van der Waals surface area contributed by atoms with Crippen LogP contribution in [-0.2, 0) is 6.42 Å². The maximum absolute atomic E-state index is 6.02. The summed E-state index contributed by atoms with van der Waals surface area (Å²) in [4.78, 5) is 0. The van der Waals surface area contributed by atoms with E-state index in [1.165, 1.54) is 0 Å². The second-order valence-electron chi connectivity index (χ2n) is 4.42. The molecule has 0 unspecified atom stereocenters. The Morgan fingerprint density at radius 2 is 2.07 bits per heavy atom. The molecule has 2 nitrogen and oxygen atoms in total. The molecule has 1 aromatic carbocycles. The summed E-state index contributed by atoms with van der Waals surface area (Å²) in [6, 6.07) is 5.79. The van der Waals surface area contributed by atoms with Crippen LogP contribution in [0.5, 0.6) is 5.75 Å². The van der Waals surface area contributed by atoms with Gasteiger partial charge < -0.3 is 10.5 Å². The quantitative estimate of drug-likeness (QED) is 0.858. The molecular formula is C12H18ClNO. The third-order valence-electron chi connectivity index (χ3n) is 2.29. The zero-order valence-corrected chi connectivity index (χ0v) is 10.3. The molecule has 15 heavy (non-hydrogen) atoms. The summed E-state index contributed by atoms with van der Waals surface area (Å²) in [6.07, 6.45) is 1.79. The van der Waals surface area contributed by atoms with Gasteiger partial charge in [-0.1, -0.05) is 23.7 Å². The number of ether oxygens (including phenoxy) is 1. The highest BCUT2D eigenvalue weighted by Crippen LogP contribution is 2.29. The minimum Gasteiger partial charge on any atom is -0.495 e. The lowest BCUT2D eigenvalue weighted by Crippen LogP contribution is -2.32. The second kappa shape index (κ2) is 4.86. The first-order valence-electron chi connectivity index (χ1n) is 5.04. The predicted molar refractivity (Wildman–Crippen MR) is 64.6 cm³/mol. The SMILES string of the molecule is COc1c(Cl)cccc1CCC(C)(C)N. The number of halogens is 1. The summed E-state index contributed by atoms with van der Waals surface area (Å²) < 4.78 is 5.27. The maximum atomic E-state index is 6.02. The van der Waals surface area contributed by atoms with Gasteiger partial charge in [0.15, 0.2) is 0 Å². The van der Waals surface area contributed by atoms with Crippen molar-refractivity contribution in [1.29, 1.82) is 0 Å². The average molecular weight is 228 g/mol. The van der Waals surface area contributed by atoms with E-state index in [1.54, 1.807) is 7.11 Å². The van der Waals surface area contributed by atoms with Crippen LogP contribution in [-0.4, -0.2) is 12.6 Å². The molecule has 0 atom stereocenters. The van der Waals surface area contributed by atoms with Crippen molar-refractivity contribution in [2.45, 2.75) is 32.2 Å². The number of nitrogens with two attached hydrogens (primary N) is 1. The number of para-hydroxylation sites is 1. The maximum Gasteiger partial charge on any atom is 0.140 e. The monoisotopic (exact) mass is 227 g/mol. The van der Waals surface area contributed by atoms with Crippen molar-refractivity contribution in [2.24, 2.45) is 5.73 Å². The van der Waals surface area contributed by atoms with Gasteiger partial charge in [0.25, 0.3) is 0 Å². The Morgan fingerprint density at radius 3 is 2.60 bits per heavy atom. The Labute approximate surface area is 96.4 Å². The Hall–Kier alpha value is -0.730. The van der Waals surface area contributed by atoms with Crippen LogP contribution in [0.2, 0.25) is 5.02 Å². The summed E-state index contributed by atoms with van der Waals surface area (Å²) in [5.74, 6) is 0.767. The first-order valence-corrected chi connectivity index (χ1v) is 5.42. The van der Waals surface area contributed by atoms with Crippen molar-refractivity contribution < 1.29 is 4.74 Å². The lowest BCUT2D eigenvalue weighted by Gasteiger charge is -2.19. The molecule has 1 rings (SSSR count). The van der Waals surface area contributed by atoms with E-state index in [0.717, 1.165) is 24.2 Å². The molecule has 0 saturated carbocycles. The topological polar surface area (TPSA) is 35.2 Å². The molecule has 0 aliphatic rings. The first-order chi connectivity index (χ1) is 6.94. The number of rotatable bonds is 4. The van der Waals surface area contributed by atoms with E-state index in [2.05, 4.69) is 0 Å². The summed E-state index contributed by atoms with van der Waals surface area (Å²) in [6.45, 7) is 4.04. The number of hydrogen-bond donors (Lipinski definition) is 1. The van der Waals surface area contributed by atoms with Crippen molar-refractivity contribution in [3.8, 4) is 5.75 Å². The highest BCUT2D eigenvalue weighted by molar-refractivity contribution is 6.32. The van der Waals surface area contributed by atoms with Gasteiger partial charge >= 0.3 is 0 Å². The fourth-order valence-electron chi connectivity index (χ4n) is 1.44. The van der Waals surface area contributed by atoms with Gasteiger partial charge in [-0.2, -0.15) is 0 Å². The van der Waals surface area contributed by atoms with Crippen LogP contribution in [0.1, 0.15) is 25.8 Å². The molecule has 0 spiro atoms. The van der Waals surface area contributed by atoms with Gasteiger partial charge in [-0.3, -0.25) is 0 Å². The van der Waals surface area contributed by atoms with E-state index in [4.69, 9.17) is 22.1 Å². The van der Waals surface area contributed by atoms with Gasteiger partial charge in [-0.05, 0) is 38.3 Å². The Balaban J connectivity index is 2.81. The fraction of sp³-hybridized carbons (Fsp3) is 0.500. The van der Waals surface area contributed by atoms with Gasteiger partial charge in [0.05, 0.1) is 12.1 Å². The van der Waals surface area contributed by atoms with E-state index < -0.39 is 0 Å². The smallest absolute Gasteiger partial charge is 0.140 e. The van der Waals surface area contributed by atoms with Crippen LogP contribution in [0, 0.1) is 0 Å². The molecule has 0 radical (unpaired) electrons. The third-order valence-corrected chi connectivity index (χ3v) is 2.59. The number of methoxy groups -OCH3 is 1. The van der Waals surface area contributed by atoms with Crippen LogP contribution in [0.15, 0.2) is 18.2 Å². The zero-order valence-electron chi connectivity index (χ0n) is 9.51. The van der Waals surface area contributed by atoms with Crippen LogP contribution < -0.4 is 10.5 Å². The van der Waals surface area contributed by atoms with E-state index in [0.29, 0.717) is 5.02 Å². The van der Waals surface area contributed by atoms with E-state index in [-0.39, 0.29) is 5.54 Å². The summed E-state index contributed by atoms with van der Waals surface area (Å²) in [5, 5.41) is 0.657. The molecule has 0 aliphatic carbocycles. The first kappa shape index (κ1) is 12.3. The average Bonchev–Trinajstić information content (AvgIpc) is 2.13. The molecule has 1 aromatic rings. The summed E-state index contributed by atoms with van der Waals surface area (Å²) in [7, 11) is 1.64. The third kappa shape index (κ3) is 3.73. The van der Waals surface area contributed by atoms with Crippen molar-refractivity contribution in [3.05, 3.63) is 28.8 Å². The van der Waals surface area contributed by atoms with Crippen molar-refractivity contribution in [1.82, 2.24) is 0 Å². The number of benzene rings is 1. The molecule has 0 aliphatic heterocycles. The van der Waals surface area contributed by atoms with Crippen LogP contribution >= 0.6 is 11.6 Å². The normalized spacial score (nSPS) is 11.5. The van der Waals surface area contributed by atoms with Gasteiger partial charge in [-0.15, -0.1) is 0 Å². The molecule has 0 saturated heterocycles. The highest BCUT2D eigenvalue weighted by atomic mass is 35.5. The van der Waals surface area contributed by atoms with E-state index in [1.807, 2.05) is 32.0 Å².